The molecule has 0 aromatic heterocycles. The molecule has 1 amide bonds. The van der Waals surface area contributed by atoms with Crippen molar-refractivity contribution in [2.45, 2.75) is 24.0 Å². The van der Waals surface area contributed by atoms with E-state index in [1.807, 2.05) is 0 Å². The van der Waals surface area contributed by atoms with Gasteiger partial charge in [-0.1, -0.05) is 18.2 Å². The van der Waals surface area contributed by atoms with Gasteiger partial charge in [-0.2, -0.15) is 0 Å². The molecular formula is C22H19F2NO4S. The van der Waals surface area contributed by atoms with Crippen molar-refractivity contribution in [3.05, 3.63) is 77.9 Å². The second kappa shape index (κ2) is 8.23. The molecule has 0 saturated carbocycles. The van der Waals surface area contributed by atoms with Crippen molar-refractivity contribution in [3.8, 4) is 16.9 Å². The molecule has 156 valence electrons. The number of phenolic OH excluding ortho intramolecular Hbond substituents is 1. The molecule has 5 nitrogen and oxygen atoms in total. The Bertz CT molecular complexity index is 1220. The van der Waals surface area contributed by atoms with Crippen LogP contribution in [-0.2, 0) is 9.84 Å². The SMILES string of the molecule is CC(C)S(=O)(=O)c1ccccc1NC(=O)c1cc(-c2ccc(F)cc2F)ccc1O. The fourth-order valence-corrected chi connectivity index (χ4v) is 4.07. The van der Waals surface area contributed by atoms with E-state index in [0.717, 1.165) is 12.1 Å². The zero-order chi connectivity index (χ0) is 22.1. The van der Waals surface area contributed by atoms with Gasteiger partial charge in [-0.25, -0.2) is 17.2 Å². The molecule has 0 bridgehead atoms. The molecule has 0 aliphatic rings. The fraction of sp³-hybridized carbons (Fsp3) is 0.136. The van der Waals surface area contributed by atoms with E-state index in [0.29, 0.717) is 0 Å². The van der Waals surface area contributed by atoms with Crippen LogP contribution in [0.5, 0.6) is 5.75 Å². The van der Waals surface area contributed by atoms with Gasteiger partial charge in [0.2, 0.25) is 0 Å². The Kier molecular flexibility index (Phi) is 5.89. The average Bonchev–Trinajstić information content (AvgIpc) is 2.68. The highest BCUT2D eigenvalue weighted by Gasteiger charge is 2.24. The highest BCUT2D eigenvalue weighted by Crippen LogP contribution is 2.30. The van der Waals surface area contributed by atoms with Crippen molar-refractivity contribution >= 4 is 21.4 Å². The van der Waals surface area contributed by atoms with Gasteiger partial charge in [0.05, 0.1) is 21.4 Å². The summed E-state index contributed by atoms with van der Waals surface area (Å²) in [5.41, 5.74) is 0.175. The number of phenols is 1. The van der Waals surface area contributed by atoms with E-state index in [2.05, 4.69) is 5.32 Å². The van der Waals surface area contributed by atoms with Gasteiger partial charge < -0.3 is 10.4 Å². The number of sulfone groups is 1. The van der Waals surface area contributed by atoms with E-state index < -0.39 is 32.6 Å². The minimum Gasteiger partial charge on any atom is -0.507 e. The van der Waals surface area contributed by atoms with Crippen LogP contribution in [0.15, 0.2) is 65.6 Å². The van der Waals surface area contributed by atoms with Gasteiger partial charge in [-0.05, 0) is 55.8 Å². The first-order valence-electron chi connectivity index (χ1n) is 9.04. The zero-order valence-corrected chi connectivity index (χ0v) is 17.0. The van der Waals surface area contributed by atoms with Crippen molar-refractivity contribution in [1.29, 1.82) is 0 Å². The molecule has 3 aromatic rings. The molecule has 3 aromatic carbocycles. The molecule has 0 fully saturated rings. The number of para-hydroxylation sites is 1. The third kappa shape index (κ3) is 4.18. The Hall–Kier alpha value is -3.26. The molecule has 8 heteroatoms. The smallest absolute Gasteiger partial charge is 0.259 e. The minimum absolute atomic E-state index is 0.0476. The number of hydrogen-bond donors (Lipinski definition) is 2. The fourth-order valence-electron chi connectivity index (χ4n) is 2.87. The number of nitrogens with one attached hydrogen (secondary N) is 1. The quantitative estimate of drug-likeness (QED) is 0.610. The predicted molar refractivity (Wildman–Crippen MR) is 110 cm³/mol. The molecular weight excluding hydrogens is 412 g/mol. The monoisotopic (exact) mass is 431 g/mol. The summed E-state index contributed by atoms with van der Waals surface area (Å²) in [4.78, 5) is 12.7. The number of benzene rings is 3. The van der Waals surface area contributed by atoms with E-state index in [1.54, 1.807) is 12.1 Å². The first kappa shape index (κ1) is 21.4. The summed E-state index contributed by atoms with van der Waals surface area (Å²) in [5, 5.41) is 11.9. The van der Waals surface area contributed by atoms with Crippen LogP contribution in [0, 0.1) is 11.6 Å². The maximum absolute atomic E-state index is 14.1. The van der Waals surface area contributed by atoms with Gasteiger partial charge >= 0.3 is 0 Å². The Labute approximate surface area is 172 Å². The van der Waals surface area contributed by atoms with Crippen LogP contribution >= 0.6 is 0 Å². The normalized spacial score (nSPS) is 11.5. The molecule has 0 radical (unpaired) electrons. The Morgan fingerprint density at radius 1 is 1.00 bits per heavy atom. The van der Waals surface area contributed by atoms with Gasteiger partial charge in [0.25, 0.3) is 5.91 Å². The van der Waals surface area contributed by atoms with Gasteiger partial charge in [0.15, 0.2) is 9.84 Å². The second-order valence-electron chi connectivity index (χ2n) is 6.90. The molecule has 3 rings (SSSR count). The maximum atomic E-state index is 14.1. The van der Waals surface area contributed by atoms with E-state index in [1.165, 1.54) is 50.2 Å². The zero-order valence-electron chi connectivity index (χ0n) is 16.2. The summed E-state index contributed by atoms with van der Waals surface area (Å²) in [6.45, 7) is 3.06. The number of amides is 1. The third-order valence-corrected chi connectivity index (χ3v) is 6.76. The molecule has 2 N–H and O–H groups in total. The topological polar surface area (TPSA) is 83.5 Å². The van der Waals surface area contributed by atoms with Crippen LogP contribution in [0.2, 0.25) is 0 Å². The van der Waals surface area contributed by atoms with Crippen LogP contribution in [0.25, 0.3) is 11.1 Å². The largest absolute Gasteiger partial charge is 0.507 e. The van der Waals surface area contributed by atoms with E-state index in [9.17, 15) is 27.1 Å². The van der Waals surface area contributed by atoms with Crippen LogP contribution in [0.3, 0.4) is 0 Å². The molecule has 0 unspecified atom stereocenters. The molecule has 0 heterocycles. The second-order valence-corrected chi connectivity index (χ2v) is 9.37. The van der Waals surface area contributed by atoms with Gasteiger partial charge in [-0.15, -0.1) is 0 Å². The number of halogens is 2. The number of hydrogen-bond acceptors (Lipinski definition) is 4. The van der Waals surface area contributed by atoms with Gasteiger partial charge in [0, 0.05) is 11.6 Å². The Balaban J connectivity index is 2.00. The lowest BCUT2D eigenvalue weighted by atomic mass is 10.0. The van der Waals surface area contributed by atoms with Crippen molar-refractivity contribution < 1.29 is 27.1 Å². The Morgan fingerprint density at radius 2 is 1.70 bits per heavy atom. The molecule has 0 aliphatic carbocycles. The predicted octanol–water partition coefficient (Wildman–Crippen LogP) is 4.77. The van der Waals surface area contributed by atoms with Crippen molar-refractivity contribution in [3.63, 3.8) is 0 Å². The summed E-state index contributed by atoms with van der Waals surface area (Å²) in [5.74, 6) is -2.71. The first-order valence-corrected chi connectivity index (χ1v) is 10.6. The van der Waals surface area contributed by atoms with Crippen LogP contribution in [0.1, 0.15) is 24.2 Å². The maximum Gasteiger partial charge on any atom is 0.259 e. The van der Waals surface area contributed by atoms with E-state index >= 15 is 0 Å². The minimum atomic E-state index is -3.67. The summed E-state index contributed by atoms with van der Waals surface area (Å²) in [6, 6.07) is 12.8. The van der Waals surface area contributed by atoms with Crippen molar-refractivity contribution in [2.24, 2.45) is 0 Å². The lowest BCUT2D eigenvalue weighted by Crippen LogP contribution is -2.19. The molecule has 30 heavy (non-hydrogen) atoms. The van der Waals surface area contributed by atoms with Crippen molar-refractivity contribution in [1.82, 2.24) is 0 Å². The number of aromatic hydroxyl groups is 1. The molecule has 0 saturated heterocycles. The molecule has 0 spiro atoms. The number of carbonyl (C=O) groups is 1. The highest BCUT2D eigenvalue weighted by molar-refractivity contribution is 7.92. The number of carbonyl (C=O) groups excluding carboxylic acids is 1. The van der Waals surface area contributed by atoms with Crippen LogP contribution < -0.4 is 5.32 Å². The molecule has 0 aliphatic heterocycles. The first-order chi connectivity index (χ1) is 14.1. The van der Waals surface area contributed by atoms with Gasteiger partial charge in [-0.3, -0.25) is 4.79 Å². The summed E-state index contributed by atoms with van der Waals surface area (Å²) < 4.78 is 52.4. The lowest BCUT2D eigenvalue weighted by Gasteiger charge is -2.14. The summed E-state index contributed by atoms with van der Waals surface area (Å²) in [7, 11) is -3.67. The third-order valence-electron chi connectivity index (χ3n) is 4.55. The van der Waals surface area contributed by atoms with Crippen LogP contribution in [0.4, 0.5) is 14.5 Å². The number of rotatable bonds is 5. The number of anilines is 1. The van der Waals surface area contributed by atoms with E-state index in [4.69, 9.17) is 0 Å². The summed E-state index contributed by atoms with van der Waals surface area (Å²) in [6.07, 6.45) is 0. The summed E-state index contributed by atoms with van der Waals surface area (Å²) >= 11 is 0. The highest BCUT2D eigenvalue weighted by atomic mass is 32.2. The Morgan fingerprint density at radius 3 is 2.37 bits per heavy atom. The van der Waals surface area contributed by atoms with E-state index in [-0.39, 0.29) is 33.0 Å². The molecule has 0 atom stereocenters. The van der Waals surface area contributed by atoms with Gasteiger partial charge in [0.1, 0.15) is 17.4 Å². The standard InChI is InChI=1S/C22H19F2NO4S/c1-13(2)30(28,29)21-6-4-3-5-19(21)25-22(27)17-11-14(7-10-20(17)26)16-9-8-15(23)12-18(16)24/h3-13,26H,1-2H3,(H,25,27). The lowest BCUT2D eigenvalue weighted by molar-refractivity contribution is 0.102. The average molecular weight is 431 g/mol. The van der Waals surface area contributed by atoms with Crippen LogP contribution in [-0.4, -0.2) is 24.7 Å². The van der Waals surface area contributed by atoms with Crippen molar-refractivity contribution in [2.75, 3.05) is 5.32 Å².